The van der Waals surface area contributed by atoms with Gasteiger partial charge in [-0.15, -0.1) is 0 Å². The summed E-state index contributed by atoms with van der Waals surface area (Å²) in [5.41, 5.74) is 10.8. The maximum atomic E-state index is 13.5. The number of hydrogen-bond acceptors (Lipinski definition) is 8. The van der Waals surface area contributed by atoms with E-state index in [2.05, 4.69) is 27.7 Å². The molecular formula is C50H82N4O8. The highest BCUT2D eigenvalue weighted by molar-refractivity contribution is 6.36. The quantitative estimate of drug-likeness (QED) is 0.249. The standard InChI is InChI=1S/C25H42N2O4.C25H40N2O4/c2*1-16-12-10-8-6-4-5-7-9-11-13-17(22(29)23(26)30)14-19(28)21-20-18(25(20,2)3)15-27(21)24(16)31/h16-18,20-22,29H,4-15H2,1-3H3,(H2,26,30);16-18,20-21H,4-15H2,1-3H3,(H2,26,30)/t16-,17+,18-,20-,21+,22?;16-,17+,18-,20-,21+/m00/s1. The molecule has 0 radical (unpaired) electrons. The highest BCUT2D eigenvalue weighted by Crippen LogP contribution is 2.66. The Hall–Kier alpha value is -3.15. The summed E-state index contributed by atoms with van der Waals surface area (Å²) in [6.45, 7) is 13.9. The van der Waals surface area contributed by atoms with Gasteiger partial charge in [-0.05, 0) is 60.2 Å². The molecule has 350 valence electrons. The van der Waals surface area contributed by atoms with Crippen molar-refractivity contribution in [3.63, 3.8) is 0 Å². The van der Waals surface area contributed by atoms with Crippen molar-refractivity contribution < 1.29 is 38.7 Å². The molecule has 0 aromatic heterocycles. The van der Waals surface area contributed by atoms with Crippen LogP contribution in [-0.2, 0) is 33.6 Å². The summed E-state index contributed by atoms with van der Waals surface area (Å²) >= 11 is 0. The number of carbonyl (C=O) groups excluding carboxylic acids is 7. The average Bonchev–Trinajstić information content (AvgIpc) is 3.67. The molecular weight excluding hydrogens is 785 g/mol. The van der Waals surface area contributed by atoms with E-state index in [1.807, 2.05) is 18.7 Å². The highest BCUT2D eigenvalue weighted by Gasteiger charge is 2.70. The minimum atomic E-state index is -1.31. The van der Waals surface area contributed by atoms with Crippen molar-refractivity contribution in [2.45, 2.75) is 201 Å². The van der Waals surface area contributed by atoms with Crippen LogP contribution < -0.4 is 11.5 Å². The second kappa shape index (κ2) is 21.7. The Morgan fingerprint density at radius 2 is 0.919 bits per heavy atom. The second-order valence-electron chi connectivity index (χ2n) is 21.8. The van der Waals surface area contributed by atoms with Crippen LogP contribution in [0.5, 0.6) is 0 Å². The Labute approximate surface area is 372 Å². The number of Topliss-reactive ketones (excluding diaryl/α,β-unsaturated/α-hetero) is 3. The molecule has 0 aromatic rings. The smallest absolute Gasteiger partial charge is 0.285 e. The van der Waals surface area contributed by atoms with Gasteiger partial charge in [-0.2, -0.15) is 0 Å². The number of hydrogen-bond donors (Lipinski definition) is 3. The number of aliphatic hydroxyl groups is 1. The number of fused-ring (bicyclic) bond motifs is 6. The van der Waals surface area contributed by atoms with Crippen molar-refractivity contribution in [1.82, 2.24) is 9.80 Å². The summed E-state index contributed by atoms with van der Waals surface area (Å²) in [6.07, 6.45) is 19.2. The molecule has 12 heteroatoms. The molecule has 62 heavy (non-hydrogen) atoms. The summed E-state index contributed by atoms with van der Waals surface area (Å²) in [7, 11) is 0. The molecule has 2 aliphatic carbocycles. The van der Waals surface area contributed by atoms with Crippen LogP contribution in [0.1, 0.15) is 183 Å². The van der Waals surface area contributed by atoms with Crippen molar-refractivity contribution in [2.24, 2.45) is 69.6 Å². The monoisotopic (exact) mass is 867 g/mol. The minimum absolute atomic E-state index is 0.00626. The van der Waals surface area contributed by atoms with Gasteiger partial charge in [0.15, 0.2) is 11.6 Å². The van der Waals surface area contributed by atoms with Gasteiger partial charge < -0.3 is 26.4 Å². The van der Waals surface area contributed by atoms with Crippen LogP contribution in [0, 0.1) is 58.2 Å². The molecule has 12 nitrogen and oxygen atoms in total. The summed E-state index contributed by atoms with van der Waals surface area (Å²) in [5.74, 6) is -2.50. The molecule has 6 rings (SSSR count). The molecule has 11 atom stereocenters. The Balaban J connectivity index is 0.000000234. The number of primary amides is 2. The van der Waals surface area contributed by atoms with Gasteiger partial charge in [0.1, 0.15) is 6.10 Å². The zero-order chi connectivity index (χ0) is 45.5. The van der Waals surface area contributed by atoms with Crippen LogP contribution in [0.15, 0.2) is 0 Å². The third-order valence-corrected chi connectivity index (χ3v) is 16.7. The lowest BCUT2D eigenvalue weighted by Gasteiger charge is -2.33. The van der Waals surface area contributed by atoms with Crippen molar-refractivity contribution in [1.29, 1.82) is 0 Å². The number of ketones is 3. The number of rotatable bonds is 4. The zero-order valence-electron chi connectivity index (χ0n) is 39.2. The molecule has 4 saturated heterocycles. The van der Waals surface area contributed by atoms with E-state index in [4.69, 9.17) is 11.5 Å². The van der Waals surface area contributed by atoms with Gasteiger partial charge in [0.25, 0.3) is 5.91 Å². The van der Waals surface area contributed by atoms with Gasteiger partial charge in [0.2, 0.25) is 23.5 Å². The third kappa shape index (κ3) is 11.7. The van der Waals surface area contributed by atoms with Crippen LogP contribution in [0.3, 0.4) is 0 Å². The van der Waals surface area contributed by atoms with Crippen LogP contribution in [0.25, 0.3) is 0 Å². The highest BCUT2D eigenvalue weighted by atomic mass is 16.3. The number of nitrogens with two attached hydrogens (primary N) is 2. The van der Waals surface area contributed by atoms with Crippen LogP contribution in [0.2, 0.25) is 0 Å². The second-order valence-corrected chi connectivity index (χ2v) is 21.8. The summed E-state index contributed by atoms with van der Waals surface area (Å²) < 4.78 is 0. The molecule has 4 heterocycles. The first kappa shape index (κ1) is 49.9. The molecule has 5 N–H and O–H groups in total. The van der Waals surface area contributed by atoms with Gasteiger partial charge >= 0.3 is 0 Å². The first-order valence-electron chi connectivity index (χ1n) is 24.8. The normalized spacial score (nSPS) is 35.7. The summed E-state index contributed by atoms with van der Waals surface area (Å²) in [4.78, 5) is 92.9. The van der Waals surface area contributed by atoms with E-state index in [1.54, 1.807) is 4.90 Å². The largest absolute Gasteiger partial charge is 0.383 e. The first-order chi connectivity index (χ1) is 29.3. The minimum Gasteiger partial charge on any atom is -0.383 e. The number of amides is 4. The van der Waals surface area contributed by atoms with Crippen LogP contribution >= 0.6 is 0 Å². The van der Waals surface area contributed by atoms with Gasteiger partial charge in [-0.25, -0.2) is 0 Å². The fourth-order valence-electron chi connectivity index (χ4n) is 12.3. The number of carbonyl (C=O) groups is 7. The van der Waals surface area contributed by atoms with E-state index in [-0.39, 0.29) is 70.7 Å². The first-order valence-corrected chi connectivity index (χ1v) is 24.8. The maximum Gasteiger partial charge on any atom is 0.285 e. The fourth-order valence-corrected chi connectivity index (χ4v) is 12.3. The third-order valence-electron chi connectivity index (χ3n) is 16.7. The van der Waals surface area contributed by atoms with Gasteiger partial charge in [-0.1, -0.05) is 144 Å². The molecule has 0 aromatic carbocycles. The SMILES string of the molecule is C[C@H]1CCCCCCCCCC[C@@H](C(=O)C(N)=O)CC(=O)[C@@H]2[C@@H]3[C@H](CN2C1=O)C3(C)C.C[C@H]1CCCCCCCCCC[C@@H](C(O)C(N)=O)CC(=O)[C@@H]2[C@@H]3[C@H](CN2C1=O)C3(C)C. The van der Waals surface area contributed by atoms with E-state index < -0.39 is 47.6 Å². The van der Waals surface area contributed by atoms with Crippen LogP contribution in [0.4, 0.5) is 0 Å². The average molecular weight is 867 g/mol. The predicted molar refractivity (Wildman–Crippen MR) is 239 cm³/mol. The Kier molecular flexibility index (Phi) is 17.4. The van der Waals surface area contributed by atoms with Gasteiger partial charge in [0, 0.05) is 49.6 Å². The molecule has 0 spiro atoms. The Morgan fingerprint density at radius 3 is 1.31 bits per heavy atom. The lowest BCUT2D eigenvalue weighted by molar-refractivity contribution is -0.144. The maximum absolute atomic E-state index is 13.5. The number of piperidine rings is 2. The fraction of sp³-hybridized carbons (Fsp3) is 0.860. The van der Waals surface area contributed by atoms with Crippen LogP contribution in [-0.4, -0.2) is 87.2 Å². The summed E-state index contributed by atoms with van der Waals surface area (Å²) in [5, 5.41) is 10.4. The van der Waals surface area contributed by atoms with E-state index >= 15 is 0 Å². The van der Waals surface area contributed by atoms with Gasteiger partial charge in [-0.3, -0.25) is 33.6 Å². The summed E-state index contributed by atoms with van der Waals surface area (Å²) in [6, 6.07) is -0.887. The number of nitrogens with zero attached hydrogens (tertiary/aromatic N) is 2. The Morgan fingerprint density at radius 1 is 0.565 bits per heavy atom. The number of aliphatic hydroxyl groups excluding tert-OH is 1. The molecule has 4 aliphatic heterocycles. The molecule has 2 saturated carbocycles. The van der Waals surface area contributed by atoms with E-state index in [1.165, 1.54) is 32.1 Å². The lowest BCUT2D eigenvalue weighted by atomic mass is 9.86. The van der Waals surface area contributed by atoms with E-state index in [0.29, 0.717) is 37.8 Å². The van der Waals surface area contributed by atoms with E-state index in [9.17, 15) is 38.7 Å². The van der Waals surface area contributed by atoms with Crippen molar-refractivity contribution >= 4 is 41.0 Å². The topological polar surface area (TPSA) is 198 Å². The zero-order valence-corrected chi connectivity index (χ0v) is 39.2. The molecule has 1 unspecified atom stereocenters. The molecule has 4 amide bonds. The van der Waals surface area contributed by atoms with Crippen molar-refractivity contribution in [3.8, 4) is 0 Å². The van der Waals surface area contributed by atoms with Gasteiger partial charge in [0.05, 0.1) is 12.1 Å². The van der Waals surface area contributed by atoms with E-state index in [0.717, 1.165) is 83.5 Å². The Bertz CT molecular complexity index is 1630. The molecule has 6 aliphatic rings. The molecule has 0 bridgehead atoms. The lowest BCUT2D eigenvalue weighted by Crippen LogP contribution is -2.48. The van der Waals surface area contributed by atoms with Crippen molar-refractivity contribution in [2.75, 3.05) is 13.1 Å². The van der Waals surface area contributed by atoms with Crippen molar-refractivity contribution in [3.05, 3.63) is 0 Å². The molecule has 6 fully saturated rings. The predicted octanol–water partition coefficient (Wildman–Crippen LogP) is 7.09.